The van der Waals surface area contributed by atoms with Crippen LogP contribution in [0.3, 0.4) is 0 Å². The number of hydrogen-bond donors (Lipinski definition) is 2. The smallest absolute Gasteiger partial charge is 0.162 e. The number of nitrogens with zero attached hydrogens (tertiary/aromatic N) is 4. The Hall–Kier alpha value is -4.18. The van der Waals surface area contributed by atoms with Crippen molar-refractivity contribution in [2.45, 2.75) is 6.92 Å². The van der Waals surface area contributed by atoms with Crippen LogP contribution >= 0.6 is 0 Å². The molecule has 2 aromatic heterocycles. The third-order valence-corrected chi connectivity index (χ3v) is 4.64. The number of nitriles is 1. The Labute approximate surface area is 180 Å². The van der Waals surface area contributed by atoms with Crippen LogP contribution in [-0.4, -0.2) is 34.6 Å². The maximum atomic E-state index is 8.86. The number of ether oxygens (including phenoxy) is 1. The van der Waals surface area contributed by atoms with E-state index in [2.05, 4.69) is 21.7 Å². The van der Waals surface area contributed by atoms with E-state index in [1.165, 1.54) is 0 Å². The van der Waals surface area contributed by atoms with Crippen molar-refractivity contribution in [1.29, 1.82) is 5.26 Å². The zero-order chi connectivity index (χ0) is 21.5. The Morgan fingerprint density at radius 1 is 0.935 bits per heavy atom. The lowest BCUT2D eigenvalue weighted by molar-refractivity contribution is 0.340. The van der Waals surface area contributed by atoms with E-state index >= 15 is 0 Å². The van der Waals surface area contributed by atoms with E-state index in [9.17, 15) is 0 Å². The maximum Gasteiger partial charge on any atom is 0.162 e. The molecule has 0 aliphatic rings. The molecule has 0 atom stereocenters. The molecule has 0 saturated heterocycles. The van der Waals surface area contributed by atoms with Crippen molar-refractivity contribution >= 4 is 22.5 Å². The predicted octanol–water partition coefficient (Wildman–Crippen LogP) is 4.49. The number of aromatic nitrogens is 3. The number of nitrogens with one attached hydrogen (secondary N) is 2. The van der Waals surface area contributed by atoms with Gasteiger partial charge in [0.25, 0.3) is 0 Å². The summed E-state index contributed by atoms with van der Waals surface area (Å²) in [6.45, 7) is 3.89. The van der Waals surface area contributed by atoms with Gasteiger partial charge >= 0.3 is 0 Å². The predicted molar refractivity (Wildman–Crippen MR) is 122 cm³/mol. The summed E-state index contributed by atoms with van der Waals surface area (Å²) < 4.78 is 5.52. The van der Waals surface area contributed by atoms with Gasteiger partial charge < -0.3 is 15.4 Å². The molecule has 0 radical (unpaired) electrons. The minimum atomic E-state index is 0.540. The molecule has 0 unspecified atom stereocenters. The number of hydrogen-bond acceptors (Lipinski definition) is 7. The standard InChI is InChI=1S/C24H22N6O/c1-2-31-19-10-8-18(9-11-19)23-29-21-6-4-3-5-20(21)24(30-23)27-14-13-26-22-12-7-17(15-25)16-28-22/h3-12,16H,2,13-14H2,1H3,(H,26,28)(H,27,29,30). The van der Waals surface area contributed by atoms with Crippen molar-refractivity contribution in [1.82, 2.24) is 15.0 Å². The van der Waals surface area contributed by atoms with Crippen LogP contribution in [0.1, 0.15) is 12.5 Å². The Morgan fingerprint density at radius 2 is 1.74 bits per heavy atom. The van der Waals surface area contributed by atoms with Crippen LogP contribution in [0.25, 0.3) is 22.3 Å². The second-order valence-corrected chi connectivity index (χ2v) is 6.77. The first kappa shape index (κ1) is 20.1. The molecular formula is C24H22N6O. The van der Waals surface area contributed by atoms with Crippen molar-refractivity contribution in [3.63, 3.8) is 0 Å². The third kappa shape index (κ3) is 4.87. The maximum absolute atomic E-state index is 8.86. The van der Waals surface area contributed by atoms with Gasteiger partial charge in [-0.25, -0.2) is 15.0 Å². The van der Waals surface area contributed by atoms with Gasteiger partial charge in [0.15, 0.2) is 5.82 Å². The lowest BCUT2D eigenvalue weighted by Gasteiger charge is -2.12. The van der Waals surface area contributed by atoms with Gasteiger partial charge in [-0.3, -0.25) is 0 Å². The summed E-state index contributed by atoms with van der Waals surface area (Å²) in [7, 11) is 0. The highest BCUT2D eigenvalue weighted by molar-refractivity contribution is 5.90. The summed E-state index contributed by atoms with van der Waals surface area (Å²) in [5, 5.41) is 16.5. The van der Waals surface area contributed by atoms with Gasteiger partial charge in [0.1, 0.15) is 23.5 Å². The summed E-state index contributed by atoms with van der Waals surface area (Å²) in [5.74, 6) is 2.99. The molecule has 0 bridgehead atoms. The summed E-state index contributed by atoms with van der Waals surface area (Å²) in [5.41, 5.74) is 2.35. The first-order valence-electron chi connectivity index (χ1n) is 10.1. The van der Waals surface area contributed by atoms with Crippen molar-refractivity contribution in [3.8, 4) is 23.2 Å². The number of fused-ring (bicyclic) bond motifs is 1. The second-order valence-electron chi connectivity index (χ2n) is 6.77. The molecule has 4 rings (SSSR count). The van der Waals surface area contributed by atoms with Crippen molar-refractivity contribution in [2.75, 3.05) is 30.3 Å². The molecule has 0 aliphatic carbocycles. The van der Waals surface area contributed by atoms with Crippen LogP contribution in [0.15, 0.2) is 66.9 Å². The van der Waals surface area contributed by atoms with E-state index in [0.29, 0.717) is 31.1 Å². The van der Waals surface area contributed by atoms with Gasteiger partial charge in [0.05, 0.1) is 17.7 Å². The Kier molecular flexibility index (Phi) is 6.19. The number of benzene rings is 2. The van der Waals surface area contributed by atoms with Gasteiger partial charge in [-0.15, -0.1) is 0 Å². The lowest BCUT2D eigenvalue weighted by atomic mass is 10.1. The minimum Gasteiger partial charge on any atom is -0.494 e. The molecule has 0 aliphatic heterocycles. The summed E-state index contributed by atoms with van der Waals surface area (Å²) >= 11 is 0. The SMILES string of the molecule is CCOc1ccc(-c2nc(NCCNc3ccc(C#N)cn3)c3ccccc3n2)cc1. The quantitative estimate of drug-likeness (QED) is 0.413. The van der Waals surface area contributed by atoms with E-state index in [1.54, 1.807) is 18.3 Å². The molecule has 31 heavy (non-hydrogen) atoms. The molecule has 0 amide bonds. The van der Waals surface area contributed by atoms with Crippen LogP contribution < -0.4 is 15.4 Å². The fourth-order valence-corrected chi connectivity index (χ4v) is 3.14. The van der Waals surface area contributed by atoms with Gasteiger partial charge in [-0.05, 0) is 55.5 Å². The number of anilines is 2. The highest BCUT2D eigenvalue weighted by Crippen LogP contribution is 2.26. The summed E-state index contributed by atoms with van der Waals surface area (Å²) in [6, 6.07) is 21.3. The number of para-hydroxylation sites is 1. The van der Waals surface area contributed by atoms with E-state index < -0.39 is 0 Å². The molecule has 7 nitrogen and oxygen atoms in total. The van der Waals surface area contributed by atoms with Crippen LogP contribution in [0.2, 0.25) is 0 Å². The molecule has 2 aromatic carbocycles. The molecule has 2 heterocycles. The molecule has 0 spiro atoms. The zero-order valence-corrected chi connectivity index (χ0v) is 17.2. The first-order chi connectivity index (χ1) is 15.3. The zero-order valence-electron chi connectivity index (χ0n) is 17.2. The molecule has 0 saturated carbocycles. The fraction of sp³-hybridized carbons (Fsp3) is 0.167. The first-order valence-corrected chi connectivity index (χ1v) is 10.1. The lowest BCUT2D eigenvalue weighted by Crippen LogP contribution is -2.15. The highest BCUT2D eigenvalue weighted by Gasteiger charge is 2.09. The largest absolute Gasteiger partial charge is 0.494 e. The Balaban J connectivity index is 1.50. The van der Waals surface area contributed by atoms with Crippen LogP contribution in [0.4, 0.5) is 11.6 Å². The summed E-state index contributed by atoms with van der Waals surface area (Å²) in [4.78, 5) is 13.7. The Bertz CT molecular complexity index is 1200. The average Bonchev–Trinajstić information content (AvgIpc) is 2.82. The molecule has 7 heteroatoms. The van der Waals surface area contributed by atoms with Gasteiger partial charge in [-0.2, -0.15) is 5.26 Å². The van der Waals surface area contributed by atoms with E-state index in [1.807, 2.05) is 55.5 Å². The monoisotopic (exact) mass is 410 g/mol. The van der Waals surface area contributed by atoms with Gasteiger partial charge in [0.2, 0.25) is 0 Å². The molecule has 0 fully saturated rings. The van der Waals surface area contributed by atoms with E-state index in [-0.39, 0.29) is 0 Å². The topological polar surface area (TPSA) is 95.8 Å². The highest BCUT2D eigenvalue weighted by atomic mass is 16.5. The van der Waals surface area contributed by atoms with Crippen molar-refractivity contribution in [3.05, 3.63) is 72.4 Å². The van der Waals surface area contributed by atoms with Gasteiger partial charge in [-0.1, -0.05) is 12.1 Å². The molecular weight excluding hydrogens is 388 g/mol. The second kappa shape index (κ2) is 9.55. The van der Waals surface area contributed by atoms with E-state index in [4.69, 9.17) is 20.0 Å². The minimum absolute atomic E-state index is 0.540. The number of pyridine rings is 1. The van der Waals surface area contributed by atoms with Crippen molar-refractivity contribution in [2.24, 2.45) is 0 Å². The van der Waals surface area contributed by atoms with Gasteiger partial charge in [0, 0.05) is 30.2 Å². The van der Waals surface area contributed by atoms with Crippen LogP contribution in [0.5, 0.6) is 5.75 Å². The summed E-state index contributed by atoms with van der Waals surface area (Å²) in [6.07, 6.45) is 1.55. The van der Waals surface area contributed by atoms with E-state index in [0.717, 1.165) is 33.9 Å². The Morgan fingerprint density at radius 3 is 2.48 bits per heavy atom. The van der Waals surface area contributed by atoms with Crippen molar-refractivity contribution < 1.29 is 4.74 Å². The third-order valence-electron chi connectivity index (χ3n) is 4.64. The molecule has 2 N–H and O–H groups in total. The average molecular weight is 410 g/mol. The normalized spacial score (nSPS) is 10.5. The molecule has 4 aromatic rings. The fourth-order valence-electron chi connectivity index (χ4n) is 3.14. The van der Waals surface area contributed by atoms with Crippen LogP contribution in [0, 0.1) is 11.3 Å². The number of rotatable bonds is 8. The molecule has 154 valence electrons. The van der Waals surface area contributed by atoms with Crippen LogP contribution in [-0.2, 0) is 0 Å².